The summed E-state index contributed by atoms with van der Waals surface area (Å²) in [6.07, 6.45) is 0.933. The lowest BCUT2D eigenvalue weighted by Crippen LogP contribution is -2.35. The minimum absolute atomic E-state index is 0.0988. The number of nitrogens with two attached hydrogens (primary N) is 1. The molecule has 1 heterocycles. The number of aryl methyl sites for hydroxylation is 1. The Labute approximate surface area is 94.8 Å². The minimum atomic E-state index is -0.268. The van der Waals surface area contributed by atoms with Crippen LogP contribution in [0, 0.1) is 12.7 Å². The third-order valence-electron chi connectivity index (χ3n) is 2.99. The maximum Gasteiger partial charge on any atom is 0.128 e. The molecule has 1 saturated heterocycles. The van der Waals surface area contributed by atoms with Crippen molar-refractivity contribution in [3.8, 4) is 0 Å². The van der Waals surface area contributed by atoms with Crippen LogP contribution in [0.4, 0.5) is 15.8 Å². The summed E-state index contributed by atoms with van der Waals surface area (Å²) in [5, 5.41) is 3.34. The zero-order valence-electron chi connectivity index (χ0n) is 9.64. The summed E-state index contributed by atoms with van der Waals surface area (Å²) in [4.78, 5) is 0. The molecule has 2 rings (SSSR count). The third kappa shape index (κ3) is 2.11. The number of anilines is 2. The van der Waals surface area contributed by atoms with Crippen molar-refractivity contribution < 1.29 is 9.13 Å². The van der Waals surface area contributed by atoms with Crippen molar-refractivity contribution in [2.75, 3.05) is 24.3 Å². The van der Waals surface area contributed by atoms with Crippen molar-refractivity contribution in [3.05, 3.63) is 23.5 Å². The van der Waals surface area contributed by atoms with Gasteiger partial charge >= 0.3 is 0 Å². The first-order chi connectivity index (χ1) is 7.50. The van der Waals surface area contributed by atoms with Crippen LogP contribution in [-0.4, -0.2) is 18.8 Å². The zero-order valence-corrected chi connectivity index (χ0v) is 9.64. The number of hydrogen-bond acceptors (Lipinski definition) is 3. The maximum atomic E-state index is 13.2. The molecule has 1 atom stereocenters. The van der Waals surface area contributed by atoms with E-state index in [1.54, 1.807) is 13.0 Å². The predicted molar refractivity (Wildman–Crippen MR) is 63.0 cm³/mol. The average molecular weight is 224 g/mol. The fourth-order valence-electron chi connectivity index (χ4n) is 1.90. The van der Waals surface area contributed by atoms with Gasteiger partial charge in [0.05, 0.1) is 23.5 Å². The van der Waals surface area contributed by atoms with Crippen LogP contribution in [-0.2, 0) is 4.74 Å². The highest BCUT2D eigenvalue weighted by Gasteiger charge is 2.29. The molecule has 0 saturated carbocycles. The molecule has 1 unspecified atom stereocenters. The van der Waals surface area contributed by atoms with E-state index in [1.165, 1.54) is 6.07 Å². The summed E-state index contributed by atoms with van der Waals surface area (Å²) >= 11 is 0. The highest BCUT2D eigenvalue weighted by molar-refractivity contribution is 5.68. The van der Waals surface area contributed by atoms with E-state index in [4.69, 9.17) is 10.5 Å². The van der Waals surface area contributed by atoms with Crippen LogP contribution in [0.1, 0.15) is 18.9 Å². The summed E-state index contributed by atoms with van der Waals surface area (Å²) < 4.78 is 18.6. The van der Waals surface area contributed by atoms with Gasteiger partial charge in [-0.3, -0.25) is 0 Å². The Morgan fingerprint density at radius 2 is 2.25 bits per heavy atom. The van der Waals surface area contributed by atoms with E-state index in [2.05, 4.69) is 12.2 Å². The molecule has 1 aromatic carbocycles. The quantitative estimate of drug-likeness (QED) is 0.758. The van der Waals surface area contributed by atoms with E-state index in [0.29, 0.717) is 17.9 Å². The summed E-state index contributed by atoms with van der Waals surface area (Å²) in [6.45, 7) is 5.22. The van der Waals surface area contributed by atoms with Crippen LogP contribution >= 0.6 is 0 Å². The highest BCUT2D eigenvalue weighted by Crippen LogP contribution is 2.29. The van der Waals surface area contributed by atoms with Crippen LogP contribution in [0.15, 0.2) is 12.1 Å². The Morgan fingerprint density at radius 1 is 1.50 bits per heavy atom. The van der Waals surface area contributed by atoms with Gasteiger partial charge in [0, 0.05) is 6.61 Å². The van der Waals surface area contributed by atoms with E-state index in [0.717, 1.165) is 18.7 Å². The van der Waals surface area contributed by atoms with Crippen LogP contribution in [0.25, 0.3) is 0 Å². The topological polar surface area (TPSA) is 47.3 Å². The molecule has 1 aliphatic rings. The zero-order chi connectivity index (χ0) is 11.8. The van der Waals surface area contributed by atoms with Crippen LogP contribution in [0.3, 0.4) is 0 Å². The fraction of sp³-hybridized carbons (Fsp3) is 0.500. The molecule has 0 radical (unpaired) electrons. The van der Waals surface area contributed by atoms with Crippen LogP contribution in [0.5, 0.6) is 0 Å². The largest absolute Gasteiger partial charge is 0.397 e. The van der Waals surface area contributed by atoms with Gasteiger partial charge in [-0.15, -0.1) is 0 Å². The molecule has 3 N–H and O–H groups in total. The summed E-state index contributed by atoms with van der Waals surface area (Å²) in [7, 11) is 0. The van der Waals surface area contributed by atoms with Crippen molar-refractivity contribution >= 4 is 11.4 Å². The second-order valence-electron chi connectivity index (χ2n) is 4.68. The first-order valence-electron chi connectivity index (χ1n) is 5.42. The predicted octanol–water partition coefficient (Wildman–Crippen LogP) is 2.31. The Balaban J connectivity index is 2.24. The minimum Gasteiger partial charge on any atom is -0.397 e. The van der Waals surface area contributed by atoms with Gasteiger partial charge in [-0.2, -0.15) is 0 Å². The SMILES string of the molecule is Cc1cc(NC2(C)CCOC2)c(N)cc1F. The Bertz CT molecular complexity index is 400. The molecule has 88 valence electrons. The first kappa shape index (κ1) is 11.2. The third-order valence-corrected chi connectivity index (χ3v) is 2.99. The fourth-order valence-corrected chi connectivity index (χ4v) is 1.90. The summed E-state index contributed by atoms with van der Waals surface area (Å²) in [6, 6.07) is 3.10. The molecular formula is C12H17FN2O. The molecule has 0 spiro atoms. The Hall–Kier alpha value is -1.29. The maximum absolute atomic E-state index is 13.2. The lowest BCUT2D eigenvalue weighted by molar-refractivity contribution is 0.185. The van der Waals surface area contributed by atoms with Crippen LogP contribution in [0.2, 0.25) is 0 Å². The highest BCUT2D eigenvalue weighted by atomic mass is 19.1. The number of ether oxygens (including phenoxy) is 1. The molecule has 0 aromatic heterocycles. The smallest absolute Gasteiger partial charge is 0.128 e. The van der Waals surface area contributed by atoms with E-state index in [9.17, 15) is 4.39 Å². The summed E-state index contributed by atoms with van der Waals surface area (Å²) in [5.41, 5.74) is 7.51. The second-order valence-corrected chi connectivity index (χ2v) is 4.68. The number of nitrogens with one attached hydrogen (secondary N) is 1. The molecular weight excluding hydrogens is 207 g/mol. The van der Waals surface area contributed by atoms with Gasteiger partial charge in [0.25, 0.3) is 0 Å². The number of nitrogen functional groups attached to an aromatic ring is 1. The van der Waals surface area contributed by atoms with E-state index in [1.807, 2.05) is 0 Å². The van der Waals surface area contributed by atoms with Gasteiger partial charge in [0.15, 0.2) is 0 Å². The van der Waals surface area contributed by atoms with Crippen molar-refractivity contribution in [2.45, 2.75) is 25.8 Å². The monoisotopic (exact) mass is 224 g/mol. The molecule has 16 heavy (non-hydrogen) atoms. The second kappa shape index (κ2) is 3.94. The summed E-state index contributed by atoms with van der Waals surface area (Å²) in [5.74, 6) is -0.268. The van der Waals surface area contributed by atoms with Crippen molar-refractivity contribution in [3.63, 3.8) is 0 Å². The molecule has 3 nitrogen and oxygen atoms in total. The lowest BCUT2D eigenvalue weighted by Gasteiger charge is -2.26. The molecule has 1 aromatic rings. The average Bonchev–Trinajstić information content (AvgIpc) is 2.62. The van der Waals surface area contributed by atoms with Gasteiger partial charge in [-0.05, 0) is 38.0 Å². The molecule has 1 fully saturated rings. The van der Waals surface area contributed by atoms with E-state index < -0.39 is 0 Å². The lowest BCUT2D eigenvalue weighted by atomic mass is 10.0. The molecule has 4 heteroatoms. The van der Waals surface area contributed by atoms with Gasteiger partial charge in [-0.25, -0.2) is 4.39 Å². The standard InChI is InChI=1S/C12H17FN2O/c1-8-5-11(10(14)6-9(8)13)15-12(2)3-4-16-7-12/h5-6,15H,3-4,7,14H2,1-2H3. The Kier molecular flexibility index (Phi) is 2.76. The molecule has 0 bridgehead atoms. The number of benzene rings is 1. The Morgan fingerprint density at radius 3 is 2.88 bits per heavy atom. The van der Waals surface area contributed by atoms with Crippen molar-refractivity contribution in [1.29, 1.82) is 0 Å². The first-order valence-corrected chi connectivity index (χ1v) is 5.42. The van der Waals surface area contributed by atoms with Crippen molar-refractivity contribution in [1.82, 2.24) is 0 Å². The molecule has 0 aliphatic carbocycles. The van der Waals surface area contributed by atoms with Gasteiger partial charge in [0.2, 0.25) is 0 Å². The number of halogens is 1. The number of rotatable bonds is 2. The molecule has 1 aliphatic heterocycles. The van der Waals surface area contributed by atoms with Crippen LogP contribution < -0.4 is 11.1 Å². The number of hydrogen-bond donors (Lipinski definition) is 2. The van der Waals surface area contributed by atoms with Crippen molar-refractivity contribution in [2.24, 2.45) is 0 Å². The normalized spacial score (nSPS) is 24.7. The van der Waals surface area contributed by atoms with E-state index in [-0.39, 0.29) is 11.4 Å². The van der Waals surface area contributed by atoms with Gasteiger partial charge in [0.1, 0.15) is 5.82 Å². The van der Waals surface area contributed by atoms with Gasteiger partial charge in [-0.1, -0.05) is 0 Å². The van der Waals surface area contributed by atoms with Gasteiger partial charge < -0.3 is 15.8 Å². The molecule has 0 amide bonds. The van der Waals surface area contributed by atoms with E-state index >= 15 is 0 Å².